The Morgan fingerprint density at radius 3 is 2.67 bits per heavy atom. The number of fused-ring (bicyclic) bond motifs is 1. The Bertz CT molecular complexity index is 1310. The third-order valence-corrected chi connectivity index (χ3v) is 7.07. The lowest BCUT2D eigenvalue weighted by atomic mass is 9.83. The number of nitrogens with two attached hydrogens (primary N) is 1. The molecule has 8 nitrogen and oxygen atoms in total. The van der Waals surface area contributed by atoms with Crippen molar-refractivity contribution in [3.63, 3.8) is 0 Å². The molecule has 0 aromatic carbocycles. The van der Waals surface area contributed by atoms with Gasteiger partial charge in [0.25, 0.3) is 0 Å². The van der Waals surface area contributed by atoms with Crippen molar-refractivity contribution in [1.29, 1.82) is 10.5 Å². The zero-order valence-electron chi connectivity index (χ0n) is 20.3. The molecule has 0 saturated carbocycles. The fourth-order valence-corrected chi connectivity index (χ4v) is 5.35. The van der Waals surface area contributed by atoms with Gasteiger partial charge in [0, 0.05) is 18.1 Å². The summed E-state index contributed by atoms with van der Waals surface area (Å²) in [5.74, 6) is -0.942. The number of hydrogen-bond donors (Lipinski definition) is 1. The number of pyridine rings is 2. The van der Waals surface area contributed by atoms with Crippen molar-refractivity contribution in [2.45, 2.75) is 63.0 Å². The number of nitriles is 2. The Labute approximate surface area is 214 Å². The van der Waals surface area contributed by atoms with Crippen molar-refractivity contribution >= 4 is 17.7 Å². The van der Waals surface area contributed by atoms with Crippen molar-refractivity contribution < 1.29 is 14.3 Å². The minimum absolute atomic E-state index is 0.0635. The Balaban J connectivity index is 1.75. The molecule has 0 unspecified atom stereocenters. The topological polar surface area (TPSA) is 135 Å². The van der Waals surface area contributed by atoms with Crippen LogP contribution in [0.1, 0.15) is 61.4 Å². The van der Waals surface area contributed by atoms with Gasteiger partial charge in [-0.15, -0.1) is 0 Å². The van der Waals surface area contributed by atoms with Crippen molar-refractivity contribution in [3.05, 3.63) is 75.8 Å². The third kappa shape index (κ3) is 5.37. The van der Waals surface area contributed by atoms with Crippen LogP contribution in [0.5, 0.6) is 0 Å². The van der Waals surface area contributed by atoms with Gasteiger partial charge in [-0.05, 0) is 68.9 Å². The number of rotatable bonds is 6. The monoisotopic (exact) mass is 501 g/mol. The number of aromatic nitrogens is 2. The van der Waals surface area contributed by atoms with Gasteiger partial charge in [-0.2, -0.15) is 10.5 Å². The van der Waals surface area contributed by atoms with E-state index < -0.39 is 11.9 Å². The standard InChI is InChI=1S/C27H27N5O3S/c1-16(2)34-27(33)24-22(35-25(30)20(14-29)23(24)17-8-10-31-11-9-17)15-36-26-19(13-28)12-18-6-4-3-5-7-21(18)32-26/h8-12,16,23H,3-7,15,30H2,1-2H3/t23-/m0/s1. The third-order valence-electron chi connectivity index (χ3n) is 6.08. The zero-order chi connectivity index (χ0) is 25.7. The first-order valence-electron chi connectivity index (χ1n) is 11.9. The minimum Gasteiger partial charge on any atom is -0.459 e. The SMILES string of the molecule is CC(C)OC(=O)C1=C(CSc2nc3c(cc2C#N)CCCCC3)OC(N)=C(C#N)[C@@H]1c1ccncc1. The molecule has 2 aromatic heterocycles. The molecule has 0 radical (unpaired) electrons. The maximum atomic E-state index is 13.3. The van der Waals surface area contributed by atoms with Crippen LogP contribution in [-0.2, 0) is 27.1 Å². The van der Waals surface area contributed by atoms with E-state index in [9.17, 15) is 15.3 Å². The fourth-order valence-electron chi connectivity index (χ4n) is 4.43. The summed E-state index contributed by atoms with van der Waals surface area (Å²) in [7, 11) is 0. The van der Waals surface area contributed by atoms with E-state index in [2.05, 4.69) is 17.1 Å². The Morgan fingerprint density at radius 1 is 1.22 bits per heavy atom. The maximum absolute atomic E-state index is 13.3. The molecule has 0 spiro atoms. The van der Waals surface area contributed by atoms with Gasteiger partial charge in [0.2, 0.25) is 5.88 Å². The summed E-state index contributed by atoms with van der Waals surface area (Å²) in [6.45, 7) is 3.51. The molecule has 3 heterocycles. The van der Waals surface area contributed by atoms with Crippen LogP contribution in [0.2, 0.25) is 0 Å². The number of thioether (sulfide) groups is 1. The molecule has 36 heavy (non-hydrogen) atoms. The van der Waals surface area contributed by atoms with Crippen LogP contribution in [0.25, 0.3) is 0 Å². The molecule has 1 aliphatic heterocycles. The number of carbonyl (C=O) groups excluding carboxylic acids is 1. The van der Waals surface area contributed by atoms with Crippen LogP contribution >= 0.6 is 11.8 Å². The average Bonchev–Trinajstić information content (AvgIpc) is 3.11. The van der Waals surface area contributed by atoms with Gasteiger partial charge >= 0.3 is 5.97 Å². The molecule has 1 atom stereocenters. The Hall–Kier alpha value is -3.82. The van der Waals surface area contributed by atoms with Gasteiger partial charge in [0.15, 0.2) is 0 Å². The molecule has 0 fully saturated rings. The number of ether oxygens (including phenoxy) is 2. The van der Waals surface area contributed by atoms with E-state index in [0.29, 0.717) is 16.2 Å². The molecular formula is C27H27N5O3S. The normalized spacial score (nSPS) is 17.5. The molecule has 0 bridgehead atoms. The van der Waals surface area contributed by atoms with Crippen molar-refractivity contribution in [3.8, 4) is 12.1 Å². The molecule has 0 amide bonds. The highest BCUT2D eigenvalue weighted by Crippen LogP contribution is 2.41. The maximum Gasteiger partial charge on any atom is 0.338 e. The Morgan fingerprint density at radius 2 is 1.97 bits per heavy atom. The zero-order valence-corrected chi connectivity index (χ0v) is 21.1. The summed E-state index contributed by atoms with van der Waals surface area (Å²) in [5.41, 5.74) is 9.82. The molecule has 184 valence electrons. The summed E-state index contributed by atoms with van der Waals surface area (Å²) >= 11 is 1.31. The van der Waals surface area contributed by atoms with E-state index in [1.54, 1.807) is 38.4 Å². The predicted octanol–water partition coefficient (Wildman–Crippen LogP) is 4.42. The molecule has 2 N–H and O–H groups in total. The smallest absolute Gasteiger partial charge is 0.338 e. The van der Waals surface area contributed by atoms with E-state index in [-0.39, 0.29) is 34.6 Å². The summed E-state index contributed by atoms with van der Waals surface area (Å²) in [6.07, 6.45) is 7.92. The number of nitrogens with zero attached hydrogens (tertiary/aromatic N) is 4. The molecule has 0 saturated heterocycles. The quantitative estimate of drug-likeness (QED) is 0.346. The summed E-state index contributed by atoms with van der Waals surface area (Å²) in [5, 5.41) is 20.2. The largest absolute Gasteiger partial charge is 0.459 e. The highest BCUT2D eigenvalue weighted by Gasteiger charge is 2.38. The number of allylic oxidation sites excluding steroid dienone is 1. The minimum atomic E-state index is -0.760. The Kier molecular flexibility index (Phi) is 7.92. The van der Waals surface area contributed by atoms with E-state index in [0.717, 1.165) is 43.4 Å². The van der Waals surface area contributed by atoms with Crippen molar-refractivity contribution in [2.75, 3.05) is 5.75 Å². The highest BCUT2D eigenvalue weighted by molar-refractivity contribution is 7.99. The van der Waals surface area contributed by atoms with E-state index in [1.807, 2.05) is 6.07 Å². The summed E-state index contributed by atoms with van der Waals surface area (Å²) in [4.78, 5) is 22.2. The molecule has 1 aliphatic carbocycles. The van der Waals surface area contributed by atoms with Gasteiger partial charge < -0.3 is 15.2 Å². The highest BCUT2D eigenvalue weighted by atomic mass is 32.2. The molecule has 9 heteroatoms. The predicted molar refractivity (Wildman–Crippen MR) is 134 cm³/mol. The van der Waals surface area contributed by atoms with Gasteiger partial charge in [-0.1, -0.05) is 18.2 Å². The van der Waals surface area contributed by atoms with Crippen LogP contribution in [0.3, 0.4) is 0 Å². The molecule has 4 rings (SSSR count). The van der Waals surface area contributed by atoms with Gasteiger partial charge in [-0.3, -0.25) is 4.98 Å². The second-order valence-electron chi connectivity index (χ2n) is 8.90. The summed E-state index contributed by atoms with van der Waals surface area (Å²) < 4.78 is 11.4. The van der Waals surface area contributed by atoms with E-state index in [1.165, 1.54) is 11.8 Å². The number of esters is 1. The lowest BCUT2D eigenvalue weighted by molar-refractivity contribution is -0.143. The number of carbonyl (C=O) groups is 1. The lowest BCUT2D eigenvalue weighted by Gasteiger charge is -2.28. The van der Waals surface area contributed by atoms with Gasteiger partial charge in [-0.25, -0.2) is 9.78 Å². The molecule has 2 aliphatic rings. The van der Waals surface area contributed by atoms with Crippen LogP contribution in [-0.4, -0.2) is 27.8 Å². The van der Waals surface area contributed by atoms with E-state index >= 15 is 0 Å². The van der Waals surface area contributed by atoms with Crippen LogP contribution < -0.4 is 5.73 Å². The van der Waals surface area contributed by atoms with Crippen LogP contribution in [0.15, 0.2) is 58.4 Å². The molecular weight excluding hydrogens is 474 g/mol. The van der Waals surface area contributed by atoms with Gasteiger partial charge in [0.1, 0.15) is 28.5 Å². The second-order valence-corrected chi connectivity index (χ2v) is 9.87. The van der Waals surface area contributed by atoms with Crippen LogP contribution in [0, 0.1) is 22.7 Å². The number of hydrogen-bond acceptors (Lipinski definition) is 9. The molecule has 2 aromatic rings. The second kappa shape index (κ2) is 11.3. The van der Waals surface area contributed by atoms with Crippen LogP contribution in [0.4, 0.5) is 0 Å². The van der Waals surface area contributed by atoms with E-state index in [4.69, 9.17) is 20.2 Å². The van der Waals surface area contributed by atoms with Gasteiger partial charge in [0.05, 0.1) is 28.9 Å². The first kappa shape index (κ1) is 25.3. The summed E-state index contributed by atoms with van der Waals surface area (Å²) in [6, 6.07) is 9.75. The average molecular weight is 502 g/mol. The first-order chi connectivity index (χ1) is 17.4. The fraction of sp³-hybridized carbons (Fsp3) is 0.370. The number of aryl methyl sites for hydroxylation is 2. The lowest BCUT2D eigenvalue weighted by Crippen LogP contribution is -2.28. The van der Waals surface area contributed by atoms with Crippen molar-refractivity contribution in [1.82, 2.24) is 9.97 Å². The first-order valence-corrected chi connectivity index (χ1v) is 12.9. The van der Waals surface area contributed by atoms with Crippen molar-refractivity contribution in [2.24, 2.45) is 5.73 Å².